The van der Waals surface area contributed by atoms with Gasteiger partial charge in [0.25, 0.3) is 0 Å². The Labute approximate surface area is 130 Å². The molecule has 0 aliphatic heterocycles. The number of ether oxygens (including phenoxy) is 2. The maximum atomic E-state index is 11.9. The van der Waals surface area contributed by atoms with Gasteiger partial charge in [-0.25, -0.2) is 0 Å². The van der Waals surface area contributed by atoms with Crippen molar-refractivity contribution in [2.75, 3.05) is 0 Å². The summed E-state index contributed by atoms with van der Waals surface area (Å²) >= 11 is 0. The maximum Gasteiger partial charge on any atom is 0.187 e. The Morgan fingerprint density at radius 3 is 1.91 bits per heavy atom. The molecule has 2 aromatic rings. The van der Waals surface area contributed by atoms with Gasteiger partial charge in [-0.1, -0.05) is 60.7 Å². The second-order valence-corrected chi connectivity index (χ2v) is 5.24. The van der Waals surface area contributed by atoms with Crippen LogP contribution in [0.3, 0.4) is 0 Å². The third kappa shape index (κ3) is 3.70. The van der Waals surface area contributed by atoms with Crippen molar-refractivity contribution in [1.82, 2.24) is 0 Å². The predicted octanol–water partition coefficient (Wildman–Crippen LogP) is 3.30. The van der Waals surface area contributed by atoms with Gasteiger partial charge in [0.15, 0.2) is 5.78 Å². The van der Waals surface area contributed by atoms with E-state index in [0.29, 0.717) is 13.2 Å². The molecule has 0 saturated carbocycles. The van der Waals surface area contributed by atoms with Gasteiger partial charge in [-0.2, -0.15) is 0 Å². The summed E-state index contributed by atoms with van der Waals surface area (Å²) in [5.74, 6) is -0.0333. The van der Waals surface area contributed by atoms with Crippen LogP contribution in [0.15, 0.2) is 72.8 Å². The van der Waals surface area contributed by atoms with Gasteiger partial charge in [0.05, 0.1) is 13.2 Å². The van der Waals surface area contributed by atoms with Gasteiger partial charge in [0, 0.05) is 0 Å². The van der Waals surface area contributed by atoms with E-state index in [-0.39, 0.29) is 11.9 Å². The fourth-order valence-electron chi connectivity index (χ4n) is 2.39. The Kier molecular flexibility index (Phi) is 4.78. The largest absolute Gasteiger partial charge is 0.366 e. The van der Waals surface area contributed by atoms with E-state index >= 15 is 0 Å². The molecule has 1 aliphatic rings. The molecule has 1 aliphatic carbocycles. The van der Waals surface area contributed by atoms with Crippen molar-refractivity contribution in [3.63, 3.8) is 0 Å². The molecule has 2 atom stereocenters. The van der Waals surface area contributed by atoms with Crippen molar-refractivity contribution >= 4 is 5.78 Å². The molecule has 0 fully saturated rings. The van der Waals surface area contributed by atoms with Gasteiger partial charge in [-0.05, 0) is 23.3 Å². The SMILES string of the molecule is O=C1C=C[C@H](OCc2ccccc2)[C@H]1OCc1ccccc1. The molecule has 2 aromatic carbocycles. The predicted molar refractivity (Wildman–Crippen MR) is 84.2 cm³/mol. The Bertz CT molecular complexity index is 634. The molecule has 0 heterocycles. The molecule has 22 heavy (non-hydrogen) atoms. The minimum Gasteiger partial charge on any atom is -0.366 e. The van der Waals surface area contributed by atoms with Crippen LogP contribution < -0.4 is 0 Å². The number of benzene rings is 2. The van der Waals surface area contributed by atoms with Crippen LogP contribution in [0.4, 0.5) is 0 Å². The third-order valence-electron chi connectivity index (χ3n) is 3.59. The lowest BCUT2D eigenvalue weighted by atomic mass is 10.2. The first-order valence-electron chi connectivity index (χ1n) is 7.36. The lowest BCUT2D eigenvalue weighted by Crippen LogP contribution is -2.31. The van der Waals surface area contributed by atoms with Crippen molar-refractivity contribution in [2.45, 2.75) is 25.4 Å². The fraction of sp³-hybridized carbons (Fsp3) is 0.211. The molecular formula is C19H18O3. The second-order valence-electron chi connectivity index (χ2n) is 5.24. The number of carbonyl (C=O) groups is 1. The number of rotatable bonds is 6. The Balaban J connectivity index is 1.56. The van der Waals surface area contributed by atoms with Crippen LogP contribution in [0, 0.1) is 0 Å². The van der Waals surface area contributed by atoms with Gasteiger partial charge in [-0.15, -0.1) is 0 Å². The van der Waals surface area contributed by atoms with E-state index in [1.54, 1.807) is 12.2 Å². The lowest BCUT2D eigenvalue weighted by Gasteiger charge is -2.19. The van der Waals surface area contributed by atoms with E-state index in [2.05, 4.69) is 0 Å². The van der Waals surface area contributed by atoms with Gasteiger partial charge in [-0.3, -0.25) is 4.79 Å². The highest BCUT2D eigenvalue weighted by atomic mass is 16.5. The maximum absolute atomic E-state index is 11.9. The van der Waals surface area contributed by atoms with Gasteiger partial charge in [0.2, 0.25) is 0 Å². The molecular weight excluding hydrogens is 276 g/mol. The third-order valence-corrected chi connectivity index (χ3v) is 3.59. The number of hydrogen-bond donors (Lipinski definition) is 0. The highest BCUT2D eigenvalue weighted by Gasteiger charge is 2.31. The first kappa shape index (κ1) is 14.7. The van der Waals surface area contributed by atoms with E-state index in [1.165, 1.54) is 0 Å². The van der Waals surface area contributed by atoms with Crippen LogP contribution in [0.2, 0.25) is 0 Å². The number of carbonyl (C=O) groups excluding carboxylic acids is 1. The topological polar surface area (TPSA) is 35.5 Å². The van der Waals surface area contributed by atoms with Crippen LogP contribution in [0.5, 0.6) is 0 Å². The minimum atomic E-state index is -0.552. The average molecular weight is 294 g/mol. The highest BCUT2D eigenvalue weighted by Crippen LogP contribution is 2.18. The smallest absolute Gasteiger partial charge is 0.187 e. The van der Waals surface area contributed by atoms with E-state index in [4.69, 9.17) is 9.47 Å². The first-order valence-corrected chi connectivity index (χ1v) is 7.36. The van der Waals surface area contributed by atoms with Crippen LogP contribution in [-0.2, 0) is 27.5 Å². The van der Waals surface area contributed by atoms with Crippen molar-refractivity contribution in [3.05, 3.63) is 83.9 Å². The summed E-state index contributed by atoms with van der Waals surface area (Å²) in [5.41, 5.74) is 2.13. The Morgan fingerprint density at radius 2 is 1.32 bits per heavy atom. The van der Waals surface area contributed by atoms with Gasteiger partial charge < -0.3 is 9.47 Å². The first-order chi connectivity index (χ1) is 10.8. The molecule has 3 rings (SSSR count). The molecule has 0 unspecified atom stereocenters. The van der Waals surface area contributed by atoms with E-state index < -0.39 is 6.10 Å². The van der Waals surface area contributed by atoms with Gasteiger partial charge in [0.1, 0.15) is 12.2 Å². The summed E-state index contributed by atoms with van der Waals surface area (Å²) in [6.45, 7) is 0.873. The molecule has 3 nitrogen and oxygen atoms in total. The molecule has 0 N–H and O–H groups in total. The van der Waals surface area contributed by atoms with Crippen molar-refractivity contribution in [2.24, 2.45) is 0 Å². The number of hydrogen-bond acceptors (Lipinski definition) is 3. The summed E-state index contributed by atoms with van der Waals surface area (Å²) in [6, 6.07) is 19.7. The zero-order chi connectivity index (χ0) is 15.2. The minimum absolute atomic E-state index is 0.0333. The van der Waals surface area contributed by atoms with E-state index in [9.17, 15) is 4.79 Å². The van der Waals surface area contributed by atoms with Crippen LogP contribution in [0.1, 0.15) is 11.1 Å². The second kappa shape index (κ2) is 7.16. The molecule has 0 saturated heterocycles. The number of ketones is 1. The zero-order valence-electron chi connectivity index (χ0n) is 12.2. The lowest BCUT2D eigenvalue weighted by molar-refractivity contribution is -0.133. The van der Waals surface area contributed by atoms with Crippen LogP contribution >= 0.6 is 0 Å². The molecule has 0 aromatic heterocycles. The molecule has 3 heteroatoms. The molecule has 112 valence electrons. The van der Waals surface area contributed by atoms with Crippen LogP contribution in [-0.4, -0.2) is 18.0 Å². The summed E-state index contributed by atoms with van der Waals surface area (Å²) in [4.78, 5) is 11.9. The highest BCUT2D eigenvalue weighted by molar-refractivity contribution is 5.97. The van der Waals surface area contributed by atoms with Crippen molar-refractivity contribution in [3.8, 4) is 0 Å². The molecule has 0 amide bonds. The Hall–Kier alpha value is -2.23. The summed E-state index contributed by atoms with van der Waals surface area (Å²) in [7, 11) is 0. The van der Waals surface area contributed by atoms with E-state index in [0.717, 1.165) is 11.1 Å². The van der Waals surface area contributed by atoms with Crippen molar-refractivity contribution in [1.29, 1.82) is 0 Å². The Morgan fingerprint density at radius 1 is 0.773 bits per heavy atom. The van der Waals surface area contributed by atoms with E-state index in [1.807, 2.05) is 60.7 Å². The monoisotopic (exact) mass is 294 g/mol. The fourth-order valence-corrected chi connectivity index (χ4v) is 2.39. The molecule has 0 bridgehead atoms. The normalized spacial score (nSPS) is 20.5. The van der Waals surface area contributed by atoms with Gasteiger partial charge >= 0.3 is 0 Å². The zero-order valence-corrected chi connectivity index (χ0v) is 12.2. The summed E-state index contributed by atoms with van der Waals surface area (Å²) < 4.78 is 11.6. The molecule has 0 radical (unpaired) electrons. The standard InChI is InChI=1S/C19H18O3/c20-17-11-12-18(21-13-15-7-3-1-4-8-15)19(17)22-14-16-9-5-2-6-10-16/h1-12,18-19H,13-14H2/t18-,19-/m0/s1. The summed E-state index contributed by atoms with van der Waals surface area (Å²) in [6.07, 6.45) is 2.45. The molecule has 0 spiro atoms. The average Bonchev–Trinajstić information content (AvgIpc) is 2.93. The summed E-state index contributed by atoms with van der Waals surface area (Å²) in [5, 5.41) is 0. The van der Waals surface area contributed by atoms with Crippen LogP contribution in [0.25, 0.3) is 0 Å². The van der Waals surface area contributed by atoms with Crippen molar-refractivity contribution < 1.29 is 14.3 Å². The quantitative estimate of drug-likeness (QED) is 0.820.